The van der Waals surface area contributed by atoms with Gasteiger partial charge >= 0.3 is 5.69 Å². The van der Waals surface area contributed by atoms with E-state index in [1.807, 2.05) is 18.2 Å². The molecule has 2 aromatic heterocycles. The van der Waals surface area contributed by atoms with Gasteiger partial charge in [0.05, 0.1) is 25.2 Å². The summed E-state index contributed by atoms with van der Waals surface area (Å²) in [5.41, 5.74) is 0.879. The summed E-state index contributed by atoms with van der Waals surface area (Å²) in [5, 5.41) is 0. The molecule has 4 rings (SSSR count). The van der Waals surface area contributed by atoms with Crippen LogP contribution in [0.4, 0.5) is 4.39 Å². The molecule has 0 aliphatic heterocycles. The van der Waals surface area contributed by atoms with E-state index in [0.29, 0.717) is 11.3 Å². The minimum Gasteiger partial charge on any atom is -0.383 e. The quantitative estimate of drug-likeness (QED) is 0.503. The number of halogens is 1. The Hall–Kier alpha value is -3.52. The number of methoxy groups -OCH3 is 1. The lowest BCUT2D eigenvalue weighted by molar-refractivity contribution is 0.184. The van der Waals surface area contributed by atoms with Crippen molar-refractivity contribution in [1.29, 1.82) is 0 Å². The maximum Gasteiger partial charge on any atom is 0.337 e. The van der Waals surface area contributed by atoms with Crippen molar-refractivity contribution in [1.82, 2.24) is 18.7 Å². The van der Waals surface area contributed by atoms with Gasteiger partial charge in [-0.2, -0.15) is 0 Å². The molecular weight excluding hydrogens is 375 g/mol. The summed E-state index contributed by atoms with van der Waals surface area (Å²) in [6, 6.07) is 15.2. The molecule has 0 bridgehead atoms. The molecule has 0 radical (unpaired) electrons. The Morgan fingerprint density at radius 2 is 1.86 bits per heavy atom. The Morgan fingerprint density at radius 3 is 2.59 bits per heavy atom. The first-order chi connectivity index (χ1) is 14.1. The first-order valence-corrected chi connectivity index (χ1v) is 9.09. The number of para-hydroxylation sites is 1. The van der Waals surface area contributed by atoms with Gasteiger partial charge in [-0.15, -0.1) is 0 Å². The molecule has 0 unspecified atom stereocenters. The summed E-state index contributed by atoms with van der Waals surface area (Å²) in [6.07, 6.45) is 1.50. The van der Waals surface area contributed by atoms with Crippen LogP contribution in [0.3, 0.4) is 0 Å². The van der Waals surface area contributed by atoms with Crippen molar-refractivity contribution in [2.45, 2.75) is 13.1 Å². The minimum atomic E-state index is -0.484. The Morgan fingerprint density at radius 1 is 1.07 bits per heavy atom. The lowest BCUT2D eigenvalue weighted by Gasteiger charge is -2.12. The number of benzene rings is 2. The number of hydrogen-bond donors (Lipinski definition) is 0. The van der Waals surface area contributed by atoms with Gasteiger partial charge in [0, 0.05) is 13.7 Å². The molecule has 0 saturated carbocycles. The average molecular weight is 394 g/mol. The molecule has 0 saturated heterocycles. The number of nitrogens with zero attached hydrogens (tertiary/aromatic N) is 4. The van der Waals surface area contributed by atoms with Crippen LogP contribution in [0.5, 0.6) is 0 Å². The van der Waals surface area contributed by atoms with Gasteiger partial charge in [-0.05, 0) is 29.8 Å². The predicted octanol–water partition coefficient (Wildman–Crippen LogP) is 2.18. The summed E-state index contributed by atoms with van der Waals surface area (Å²) in [6.45, 7) is 0.580. The van der Waals surface area contributed by atoms with Crippen molar-refractivity contribution in [2.75, 3.05) is 13.7 Å². The zero-order valence-electron chi connectivity index (χ0n) is 15.8. The van der Waals surface area contributed by atoms with E-state index in [2.05, 4.69) is 4.98 Å². The van der Waals surface area contributed by atoms with E-state index >= 15 is 0 Å². The molecule has 0 aliphatic rings. The van der Waals surface area contributed by atoms with Crippen LogP contribution in [0.15, 0.2) is 70.5 Å². The van der Waals surface area contributed by atoms with Crippen molar-refractivity contribution in [2.24, 2.45) is 0 Å². The summed E-state index contributed by atoms with van der Waals surface area (Å²) in [7, 11) is 1.51. The zero-order valence-corrected chi connectivity index (χ0v) is 15.8. The fourth-order valence-electron chi connectivity index (χ4n) is 3.32. The standard InChI is InChI=1S/C21H19FN4O3/c1-29-11-10-25-20(27)18-19(26(21(25)28)17-8-3-2-4-9-17)23-14-24(18)13-15-6-5-7-16(22)12-15/h2-9,12,14H,10-11,13H2,1H3. The third kappa shape index (κ3) is 3.50. The van der Waals surface area contributed by atoms with Crippen molar-refractivity contribution in [3.8, 4) is 5.69 Å². The Bertz CT molecular complexity index is 1270. The molecule has 148 valence electrons. The van der Waals surface area contributed by atoms with Crippen molar-refractivity contribution >= 4 is 11.2 Å². The number of aromatic nitrogens is 4. The monoisotopic (exact) mass is 394 g/mol. The van der Waals surface area contributed by atoms with Gasteiger partial charge in [0.25, 0.3) is 5.56 Å². The Kier molecular flexibility index (Phi) is 5.09. The van der Waals surface area contributed by atoms with E-state index in [4.69, 9.17) is 4.74 Å². The molecule has 0 aliphatic carbocycles. The van der Waals surface area contributed by atoms with Gasteiger partial charge in [0.1, 0.15) is 5.82 Å². The van der Waals surface area contributed by atoms with E-state index < -0.39 is 11.2 Å². The third-order valence-corrected chi connectivity index (χ3v) is 4.68. The predicted molar refractivity (Wildman–Crippen MR) is 107 cm³/mol. The van der Waals surface area contributed by atoms with E-state index in [0.717, 1.165) is 4.57 Å². The second-order valence-electron chi connectivity index (χ2n) is 6.58. The molecule has 4 aromatic rings. The molecule has 2 aromatic carbocycles. The first kappa shape index (κ1) is 18.8. The van der Waals surface area contributed by atoms with Crippen LogP contribution in [0.1, 0.15) is 5.56 Å². The molecular formula is C21H19FN4O3. The molecule has 0 N–H and O–H groups in total. The lowest BCUT2D eigenvalue weighted by Crippen LogP contribution is -2.41. The molecule has 8 heteroatoms. The molecule has 0 amide bonds. The van der Waals surface area contributed by atoms with Crippen molar-refractivity contribution in [3.63, 3.8) is 0 Å². The molecule has 0 fully saturated rings. The lowest BCUT2D eigenvalue weighted by atomic mass is 10.2. The van der Waals surface area contributed by atoms with Crippen LogP contribution in [0.2, 0.25) is 0 Å². The smallest absolute Gasteiger partial charge is 0.337 e. The highest BCUT2D eigenvalue weighted by atomic mass is 19.1. The highest BCUT2D eigenvalue weighted by Gasteiger charge is 2.19. The summed E-state index contributed by atoms with van der Waals surface area (Å²) >= 11 is 0. The van der Waals surface area contributed by atoms with Gasteiger partial charge in [0.15, 0.2) is 11.2 Å². The van der Waals surface area contributed by atoms with Gasteiger partial charge in [0.2, 0.25) is 0 Å². The molecule has 0 spiro atoms. The van der Waals surface area contributed by atoms with Crippen LogP contribution in [0.25, 0.3) is 16.9 Å². The molecule has 7 nitrogen and oxygen atoms in total. The van der Waals surface area contributed by atoms with Crippen molar-refractivity contribution < 1.29 is 9.13 Å². The number of hydrogen-bond acceptors (Lipinski definition) is 4. The normalized spacial score (nSPS) is 11.2. The Labute approximate surface area is 165 Å². The molecule has 29 heavy (non-hydrogen) atoms. The maximum atomic E-state index is 13.6. The van der Waals surface area contributed by atoms with E-state index in [9.17, 15) is 14.0 Å². The maximum absolute atomic E-state index is 13.6. The van der Waals surface area contributed by atoms with Gasteiger partial charge in [-0.25, -0.2) is 18.7 Å². The fourth-order valence-corrected chi connectivity index (χ4v) is 3.32. The number of rotatable bonds is 6. The fraction of sp³-hybridized carbons (Fsp3) is 0.190. The number of imidazole rings is 1. The molecule has 0 atom stereocenters. The third-order valence-electron chi connectivity index (χ3n) is 4.68. The first-order valence-electron chi connectivity index (χ1n) is 9.09. The summed E-state index contributed by atoms with van der Waals surface area (Å²) in [4.78, 5) is 30.6. The second-order valence-corrected chi connectivity index (χ2v) is 6.58. The number of ether oxygens (including phenoxy) is 1. The summed E-state index contributed by atoms with van der Waals surface area (Å²) < 4.78 is 22.8. The van der Waals surface area contributed by atoms with E-state index in [1.165, 1.54) is 30.1 Å². The van der Waals surface area contributed by atoms with Gasteiger partial charge < -0.3 is 9.30 Å². The topological polar surface area (TPSA) is 71.1 Å². The van der Waals surface area contributed by atoms with Crippen LogP contribution in [-0.4, -0.2) is 32.4 Å². The highest BCUT2D eigenvalue weighted by molar-refractivity contribution is 5.72. The zero-order chi connectivity index (χ0) is 20.4. The minimum absolute atomic E-state index is 0.113. The van der Waals surface area contributed by atoms with Gasteiger partial charge in [-0.1, -0.05) is 30.3 Å². The van der Waals surface area contributed by atoms with Crippen LogP contribution in [0, 0.1) is 5.82 Å². The SMILES string of the molecule is COCCn1c(=O)c2c(ncn2Cc2cccc(F)c2)n(-c2ccccc2)c1=O. The summed E-state index contributed by atoms with van der Waals surface area (Å²) in [5.74, 6) is -0.356. The van der Waals surface area contributed by atoms with Crippen LogP contribution < -0.4 is 11.2 Å². The van der Waals surface area contributed by atoms with E-state index in [-0.39, 0.29) is 36.7 Å². The Balaban J connectivity index is 1.97. The van der Waals surface area contributed by atoms with Gasteiger partial charge in [-0.3, -0.25) is 9.36 Å². The number of fused-ring (bicyclic) bond motifs is 1. The van der Waals surface area contributed by atoms with Crippen molar-refractivity contribution in [3.05, 3.63) is 93.1 Å². The average Bonchev–Trinajstić information content (AvgIpc) is 3.12. The highest BCUT2D eigenvalue weighted by Crippen LogP contribution is 2.15. The largest absolute Gasteiger partial charge is 0.383 e. The van der Waals surface area contributed by atoms with Crippen LogP contribution in [-0.2, 0) is 17.8 Å². The van der Waals surface area contributed by atoms with E-state index in [1.54, 1.807) is 28.8 Å². The molecule has 2 heterocycles. The second kappa shape index (κ2) is 7.84. The van der Waals surface area contributed by atoms with Crippen LogP contribution >= 0.6 is 0 Å².